The standard InChI is InChI=1S/C19H24N4O3/c1-25-17-5-3-2-4-16(17)14-22-19(24)21-13-15-6-7-20-18(12-15)23-8-10-26-11-9-23/h2-7,12H,8-11,13-14H2,1H3,(H2,21,22,24). The smallest absolute Gasteiger partial charge is 0.315 e. The number of urea groups is 1. The highest BCUT2D eigenvalue weighted by Crippen LogP contribution is 2.17. The summed E-state index contributed by atoms with van der Waals surface area (Å²) in [5.74, 6) is 1.68. The highest BCUT2D eigenvalue weighted by molar-refractivity contribution is 5.74. The molecule has 2 aromatic rings. The van der Waals surface area contributed by atoms with E-state index < -0.39 is 0 Å². The Balaban J connectivity index is 1.50. The first-order valence-electron chi connectivity index (χ1n) is 8.67. The van der Waals surface area contributed by atoms with Crippen LogP contribution in [0.4, 0.5) is 10.6 Å². The first kappa shape index (κ1) is 18.0. The Morgan fingerprint density at radius 1 is 1.19 bits per heavy atom. The average Bonchev–Trinajstić information content (AvgIpc) is 2.71. The number of rotatable bonds is 6. The van der Waals surface area contributed by atoms with Crippen molar-refractivity contribution in [3.63, 3.8) is 0 Å². The van der Waals surface area contributed by atoms with Crippen LogP contribution in [0.5, 0.6) is 5.75 Å². The maximum Gasteiger partial charge on any atom is 0.315 e. The Bertz CT molecular complexity index is 732. The van der Waals surface area contributed by atoms with E-state index in [1.165, 1.54) is 0 Å². The molecule has 7 nitrogen and oxygen atoms in total. The van der Waals surface area contributed by atoms with E-state index in [4.69, 9.17) is 9.47 Å². The van der Waals surface area contributed by atoms with Gasteiger partial charge < -0.3 is 25.0 Å². The van der Waals surface area contributed by atoms with Crippen molar-refractivity contribution in [2.24, 2.45) is 0 Å². The molecular formula is C19H24N4O3. The van der Waals surface area contributed by atoms with Crippen molar-refractivity contribution < 1.29 is 14.3 Å². The molecule has 2 N–H and O–H groups in total. The van der Waals surface area contributed by atoms with Crippen molar-refractivity contribution in [1.29, 1.82) is 0 Å². The third-order valence-corrected chi connectivity index (χ3v) is 4.23. The number of methoxy groups -OCH3 is 1. The third kappa shape index (κ3) is 4.86. The SMILES string of the molecule is COc1ccccc1CNC(=O)NCc1ccnc(N2CCOCC2)c1. The zero-order chi connectivity index (χ0) is 18.2. The second kappa shape index (κ2) is 9.05. The Morgan fingerprint density at radius 3 is 2.77 bits per heavy atom. The van der Waals surface area contributed by atoms with Gasteiger partial charge in [-0.15, -0.1) is 0 Å². The number of anilines is 1. The molecule has 7 heteroatoms. The number of morpholine rings is 1. The number of aromatic nitrogens is 1. The molecule has 2 amide bonds. The topological polar surface area (TPSA) is 75.7 Å². The number of carbonyl (C=O) groups is 1. The van der Waals surface area contributed by atoms with E-state index in [-0.39, 0.29) is 6.03 Å². The van der Waals surface area contributed by atoms with Gasteiger partial charge in [0.25, 0.3) is 0 Å². The van der Waals surface area contributed by atoms with Gasteiger partial charge in [-0.25, -0.2) is 9.78 Å². The summed E-state index contributed by atoms with van der Waals surface area (Å²) in [5, 5.41) is 5.72. The summed E-state index contributed by atoms with van der Waals surface area (Å²) in [6, 6.07) is 11.3. The van der Waals surface area contributed by atoms with Crippen LogP contribution in [0.1, 0.15) is 11.1 Å². The van der Waals surface area contributed by atoms with Crippen molar-refractivity contribution in [3.8, 4) is 5.75 Å². The highest BCUT2D eigenvalue weighted by atomic mass is 16.5. The summed E-state index contributed by atoms with van der Waals surface area (Å²) in [5.41, 5.74) is 1.94. The molecule has 0 radical (unpaired) electrons. The number of para-hydroxylation sites is 1. The number of nitrogens with zero attached hydrogens (tertiary/aromatic N) is 2. The van der Waals surface area contributed by atoms with E-state index in [0.717, 1.165) is 49.0 Å². The van der Waals surface area contributed by atoms with E-state index in [1.54, 1.807) is 13.3 Å². The predicted molar refractivity (Wildman–Crippen MR) is 99.3 cm³/mol. The second-order valence-electron chi connectivity index (χ2n) is 5.97. The molecule has 1 aromatic carbocycles. The van der Waals surface area contributed by atoms with E-state index in [1.807, 2.05) is 36.4 Å². The fourth-order valence-electron chi connectivity index (χ4n) is 2.81. The zero-order valence-corrected chi connectivity index (χ0v) is 14.9. The predicted octanol–water partition coefficient (Wildman–Crippen LogP) is 1.93. The number of ether oxygens (including phenoxy) is 2. The maximum atomic E-state index is 12.1. The van der Waals surface area contributed by atoms with Gasteiger partial charge >= 0.3 is 6.03 Å². The average molecular weight is 356 g/mol. The van der Waals surface area contributed by atoms with E-state index in [9.17, 15) is 4.79 Å². The molecule has 2 heterocycles. The molecular weight excluding hydrogens is 332 g/mol. The summed E-state index contributed by atoms with van der Waals surface area (Å²) in [6.45, 7) is 3.96. The van der Waals surface area contributed by atoms with E-state index >= 15 is 0 Å². The van der Waals surface area contributed by atoms with Gasteiger partial charge in [-0.1, -0.05) is 18.2 Å². The van der Waals surface area contributed by atoms with E-state index in [0.29, 0.717) is 13.1 Å². The molecule has 1 aliphatic rings. The lowest BCUT2D eigenvalue weighted by Gasteiger charge is -2.28. The van der Waals surface area contributed by atoms with Crippen LogP contribution in [0, 0.1) is 0 Å². The molecule has 1 aromatic heterocycles. The van der Waals surface area contributed by atoms with Gasteiger partial charge in [0.05, 0.1) is 20.3 Å². The molecule has 0 bridgehead atoms. The van der Waals surface area contributed by atoms with Gasteiger partial charge in [-0.05, 0) is 23.8 Å². The molecule has 1 fully saturated rings. The van der Waals surface area contributed by atoms with Gasteiger partial charge in [-0.2, -0.15) is 0 Å². The van der Waals surface area contributed by atoms with Crippen LogP contribution in [-0.4, -0.2) is 44.4 Å². The zero-order valence-electron chi connectivity index (χ0n) is 14.9. The van der Waals surface area contributed by atoms with Gasteiger partial charge in [0, 0.05) is 37.9 Å². The number of benzene rings is 1. The molecule has 3 rings (SSSR count). The molecule has 1 saturated heterocycles. The second-order valence-corrected chi connectivity index (χ2v) is 5.97. The van der Waals surface area contributed by atoms with Crippen LogP contribution in [-0.2, 0) is 17.8 Å². The first-order valence-corrected chi connectivity index (χ1v) is 8.67. The Hall–Kier alpha value is -2.80. The summed E-state index contributed by atoms with van der Waals surface area (Å²) in [4.78, 5) is 18.7. The normalized spacial score (nSPS) is 14.0. The number of amides is 2. The van der Waals surface area contributed by atoms with Crippen LogP contribution in [0.2, 0.25) is 0 Å². The first-order chi connectivity index (χ1) is 12.8. The molecule has 138 valence electrons. The lowest BCUT2D eigenvalue weighted by atomic mass is 10.2. The molecule has 26 heavy (non-hydrogen) atoms. The summed E-state index contributed by atoms with van der Waals surface area (Å²) < 4.78 is 10.7. The Kier molecular flexibility index (Phi) is 6.27. The molecule has 1 aliphatic heterocycles. The fraction of sp³-hybridized carbons (Fsp3) is 0.368. The largest absolute Gasteiger partial charge is 0.496 e. The minimum Gasteiger partial charge on any atom is -0.496 e. The van der Waals surface area contributed by atoms with Gasteiger partial charge in [0.1, 0.15) is 11.6 Å². The van der Waals surface area contributed by atoms with Gasteiger partial charge in [0.2, 0.25) is 0 Å². The van der Waals surface area contributed by atoms with Crippen molar-refractivity contribution in [3.05, 3.63) is 53.7 Å². The van der Waals surface area contributed by atoms with Crippen LogP contribution in [0.25, 0.3) is 0 Å². The van der Waals surface area contributed by atoms with Crippen molar-refractivity contribution in [2.45, 2.75) is 13.1 Å². The lowest BCUT2D eigenvalue weighted by Crippen LogP contribution is -2.37. The van der Waals surface area contributed by atoms with Crippen LogP contribution < -0.4 is 20.3 Å². The molecule has 0 atom stereocenters. The number of nitrogens with one attached hydrogen (secondary N) is 2. The maximum absolute atomic E-state index is 12.1. The fourth-order valence-corrected chi connectivity index (χ4v) is 2.81. The number of carbonyl (C=O) groups excluding carboxylic acids is 1. The quantitative estimate of drug-likeness (QED) is 0.827. The number of hydrogen-bond acceptors (Lipinski definition) is 5. The van der Waals surface area contributed by atoms with E-state index in [2.05, 4.69) is 20.5 Å². The minimum atomic E-state index is -0.222. The molecule has 0 saturated carbocycles. The Labute approximate surface area is 153 Å². The van der Waals surface area contributed by atoms with Crippen molar-refractivity contribution in [2.75, 3.05) is 38.3 Å². The third-order valence-electron chi connectivity index (χ3n) is 4.23. The lowest BCUT2D eigenvalue weighted by molar-refractivity contribution is 0.122. The van der Waals surface area contributed by atoms with Crippen LogP contribution in [0.3, 0.4) is 0 Å². The molecule has 0 spiro atoms. The van der Waals surface area contributed by atoms with Crippen LogP contribution in [0.15, 0.2) is 42.6 Å². The van der Waals surface area contributed by atoms with Crippen molar-refractivity contribution >= 4 is 11.8 Å². The Morgan fingerprint density at radius 2 is 1.96 bits per heavy atom. The van der Waals surface area contributed by atoms with Gasteiger partial charge in [-0.3, -0.25) is 0 Å². The van der Waals surface area contributed by atoms with Crippen molar-refractivity contribution in [1.82, 2.24) is 15.6 Å². The summed E-state index contributed by atoms with van der Waals surface area (Å²) in [6.07, 6.45) is 1.77. The monoisotopic (exact) mass is 356 g/mol. The molecule has 0 unspecified atom stereocenters. The highest BCUT2D eigenvalue weighted by Gasteiger charge is 2.12. The minimum absolute atomic E-state index is 0.222. The molecule has 0 aliphatic carbocycles. The number of hydrogen-bond donors (Lipinski definition) is 2. The number of pyridine rings is 1. The summed E-state index contributed by atoms with van der Waals surface area (Å²) >= 11 is 0. The van der Waals surface area contributed by atoms with Gasteiger partial charge in [0.15, 0.2) is 0 Å². The van der Waals surface area contributed by atoms with Crippen LogP contribution >= 0.6 is 0 Å². The summed E-state index contributed by atoms with van der Waals surface area (Å²) in [7, 11) is 1.62.